The number of aryl methyl sites for hydroxylation is 1. The fourth-order valence-electron chi connectivity index (χ4n) is 4.35. The summed E-state index contributed by atoms with van der Waals surface area (Å²) in [5.41, 5.74) is 6.93. The van der Waals surface area contributed by atoms with Gasteiger partial charge in [-0.1, -0.05) is 0 Å². The van der Waals surface area contributed by atoms with Gasteiger partial charge in [0.1, 0.15) is 16.9 Å². The van der Waals surface area contributed by atoms with Crippen molar-refractivity contribution in [1.29, 1.82) is 0 Å². The number of H-pyrrole nitrogens is 2. The van der Waals surface area contributed by atoms with Gasteiger partial charge in [0.25, 0.3) is 0 Å². The van der Waals surface area contributed by atoms with Crippen LogP contribution in [-0.4, -0.2) is 52.8 Å². The molecule has 0 saturated carbocycles. The van der Waals surface area contributed by atoms with Crippen LogP contribution >= 0.6 is 0 Å². The summed E-state index contributed by atoms with van der Waals surface area (Å²) in [5.74, 6) is 1.61. The highest BCUT2D eigenvalue weighted by molar-refractivity contribution is 5.93. The van der Waals surface area contributed by atoms with E-state index in [9.17, 15) is 0 Å². The number of aromatic nitrogens is 8. The lowest BCUT2D eigenvalue weighted by atomic mass is 10.1. The molecular formula is C22H23N9. The lowest BCUT2D eigenvalue weighted by molar-refractivity contribution is 0.578. The Kier molecular flexibility index (Phi) is 4.02. The molecule has 0 aliphatic carbocycles. The van der Waals surface area contributed by atoms with Gasteiger partial charge in [0.15, 0.2) is 17.2 Å². The molecule has 6 heterocycles. The van der Waals surface area contributed by atoms with E-state index < -0.39 is 0 Å². The summed E-state index contributed by atoms with van der Waals surface area (Å²) in [4.78, 5) is 24.5. The van der Waals surface area contributed by atoms with Crippen LogP contribution in [0.25, 0.3) is 45.1 Å². The minimum Gasteiger partial charge on any atom is -0.370 e. The minimum absolute atomic E-state index is 0.670. The minimum atomic E-state index is 0.670. The molecule has 9 heteroatoms. The molecule has 1 saturated heterocycles. The summed E-state index contributed by atoms with van der Waals surface area (Å²) in [6.45, 7) is 4.09. The largest absolute Gasteiger partial charge is 0.370 e. The van der Waals surface area contributed by atoms with E-state index in [1.165, 1.54) is 19.3 Å². The summed E-state index contributed by atoms with van der Waals surface area (Å²) in [7, 11) is 1.99. The zero-order valence-corrected chi connectivity index (χ0v) is 17.6. The van der Waals surface area contributed by atoms with Crippen molar-refractivity contribution in [3.8, 4) is 22.9 Å². The van der Waals surface area contributed by atoms with Crippen molar-refractivity contribution in [2.24, 2.45) is 7.05 Å². The van der Waals surface area contributed by atoms with Gasteiger partial charge in [-0.3, -0.25) is 5.10 Å². The van der Waals surface area contributed by atoms with E-state index in [-0.39, 0.29) is 0 Å². The molecule has 1 aliphatic heterocycles. The Labute approximate surface area is 178 Å². The number of rotatable bonds is 3. The molecule has 0 unspecified atom stereocenters. The number of nitrogens with one attached hydrogen (secondary N) is 2. The molecule has 9 nitrogen and oxygen atoms in total. The number of anilines is 1. The lowest BCUT2D eigenvalue weighted by Crippen LogP contribution is -2.29. The van der Waals surface area contributed by atoms with Gasteiger partial charge in [-0.25, -0.2) is 19.9 Å². The Morgan fingerprint density at radius 1 is 0.968 bits per heavy atom. The fourth-order valence-corrected chi connectivity index (χ4v) is 4.35. The molecule has 1 aliphatic rings. The van der Waals surface area contributed by atoms with E-state index in [1.54, 1.807) is 0 Å². The lowest BCUT2D eigenvalue weighted by Gasteiger charge is -2.28. The van der Waals surface area contributed by atoms with Crippen molar-refractivity contribution in [3.05, 3.63) is 36.4 Å². The Balaban J connectivity index is 1.47. The van der Waals surface area contributed by atoms with Gasteiger partial charge in [-0.2, -0.15) is 5.10 Å². The molecule has 31 heavy (non-hydrogen) atoms. The summed E-state index contributed by atoms with van der Waals surface area (Å²) < 4.78 is 2.03. The maximum absolute atomic E-state index is 4.90. The molecule has 0 aromatic carbocycles. The quantitative estimate of drug-likeness (QED) is 0.468. The molecule has 0 bridgehead atoms. The Hall–Kier alpha value is -3.75. The second-order valence-corrected chi connectivity index (χ2v) is 8.07. The molecule has 0 atom stereocenters. The number of imidazole rings is 2. The maximum atomic E-state index is 4.90. The number of nitrogens with zero attached hydrogens (tertiary/aromatic N) is 7. The van der Waals surface area contributed by atoms with Crippen LogP contribution in [0.1, 0.15) is 25.1 Å². The van der Waals surface area contributed by atoms with Crippen LogP contribution in [0.4, 0.5) is 5.69 Å². The smallest absolute Gasteiger partial charge is 0.162 e. The van der Waals surface area contributed by atoms with Crippen molar-refractivity contribution < 1.29 is 0 Å². The fraction of sp³-hybridized carbons (Fsp3) is 0.318. The molecule has 5 aromatic heterocycles. The summed E-state index contributed by atoms with van der Waals surface area (Å²) >= 11 is 0. The normalized spacial score (nSPS) is 14.7. The van der Waals surface area contributed by atoms with E-state index in [1.807, 2.05) is 43.1 Å². The van der Waals surface area contributed by atoms with Crippen LogP contribution in [0.2, 0.25) is 0 Å². The van der Waals surface area contributed by atoms with Crippen LogP contribution in [-0.2, 0) is 7.05 Å². The molecule has 6 rings (SSSR count). The first-order valence-corrected chi connectivity index (χ1v) is 10.6. The maximum Gasteiger partial charge on any atom is 0.162 e. The highest BCUT2D eigenvalue weighted by atomic mass is 15.2. The van der Waals surface area contributed by atoms with Crippen molar-refractivity contribution in [2.75, 3.05) is 18.0 Å². The highest BCUT2D eigenvalue weighted by Gasteiger charge is 2.20. The molecule has 5 aromatic rings. The van der Waals surface area contributed by atoms with Crippen LogP contribution in [0.5, 0.6) is 0 Å². The SMILES string of the molecule is Cc1ncc(-c2ccc3[nH]nc(-c4nc5c(N6CCCCC6)ccnc5[nH]4)c3n2)n1C. The van der Waals surface area contributed by atoms with Gasteiger partial charge < -0.3 is 14.5 Å². The second kappa shape index (κ2) is 6.90. The van der Waals surface area contributed by atoms with E-state index >= 15 is 0 Å². The van der Waals surface area contributed by atoms with Gasteiger partial charge in [-0.05, 0) is 44.4 Å². The van der Waals surface area contributed by atoms with Crippen LogP contribution in [0.3, 0.4) is 0 Å². The average molecular weight is 413 g/mol. The average Bonchev–Trinajstić information content (AvgIpc) is 3.50. The van der Waals surface area contributed by atoms with Crippen molar-refractivity contribution in [3.63, 3.8) is 0 Å². The number of fused-ring (bicyclic) bond motifs is 2. The molecule has 0 spiro atoms. The van der Waals surface area contributed by atoms with Crippen LogP contribution < -0.4 is 4.90 Å². The van der Waals surface area contributed by atoms with E-state index in [0.717, 1.165) is 58.2 Å². The Morgan fingerprint density at radius 2 is 1.84 bits per heavy atom. The Bertz CT molecular complexity index is 1400. The highest BCUT2D eigenvalue weighted by Crippen LogP contribution is 2.31. The summed E-state index contributed by atoms with van der Waals surface area (Å²) in [6, 6.07) is 6.04. The van der Waals surface area contributed by atoms with E-state index in [0.29, 0.717) is 11.5 Å². The van der Waals surface area contributed by atoms with Gasteiger partial charge in [0, 0.05) is 26.3 Å². The first kappa shape index (κ1) is 18.1. The first-order chi connectivity index (χ1) is 15.2. The molecule has 2 N–H and O–H groups in total. The molecule has 156 valence electrons. The third-order valence-corrected chi connectivity index (χ3v) is 6.17. The van der Waals surface area contributed by atoms with Crippen molar-refractivity contribution >= 4 is 27.9 Å². The predicted molar refractivity (Wildman–Crippen MR) is 120 cm³/mol. The summed E-state index contributed by atoms with van der Waals surface area (Å²) in [5, 5.41) is 7.60. The van der Waals surface area contributed by atoms with Crippen molar-refractivity contribution in [2.45, 2.75) is 26.2 Å². The number of piperidine rings is 1. The molecule has 0 amide bonds. The third kappa shape index (κ3) is 2.88. The van der Waals surface area contributed by atoms with E-state index in [4.69, 9.17) is 9.97 Å². The van der Waals surface area contributed by atoms with Gasteiger partial charge in [0.2, 0.25) is 0 Å². The molecular weight excluding hydrogens is 390 g/mol. The zero-order valence-electron chi connectivity index (χ0n) is 17.6. The van der Waals surface area contributed by atoms with Crippen molar-refractivity contribution in [1.82, 2.24) is 39.7 Å². The first-order valence-electron chi connectivity index (χ1n) is 10.6. The zero-order chi connectivity index (χ0) is 20.9. The number of hydrogen-bond acceptors (Lipinski definition) is 6. The van der Waals surface area contributed by atoms with E-state index in [2.05, 4.69) is 36.1 Å². The summed E-state index contributed by atoms with van der Waals surface area (Å²) in [6.07, 6.45) is 7.41. The topological polar surface area (TPSA) is 104 Å². The number of aromatic amines is 2. The standard InChI is InChI=1S/C22H23N9/c1-13-24-12-17(30(13)2)14-6-7-15-18(25-14)20(29-28-15)22-26-19-16(8-9-23-21(19)27-22)31-10-4-3-5-11-31/h6-9,12H,3-5,10-11H2,1-2H3,(H,28,29)(H,23,26,27). The molecule has 0 radical (unpaired) electrons. The van der Waals surface area contributed by atoms with Crippen LogP contribution in [0.15, 0.2) is 30.6 Å². The number of hydrogen-bond donors (Lipinski definition) is 2. The predicted octanol–water partition coefficient (Wildman–Crippen LogP) is 3.60. The monoisotopic (exact) mass is 413 g/mol. The molecule has 1 fully saturated rings. The second-order valence-electron chi connectivity index (χ2n) is 8.07. The number of pyridine rings is 2. The Morgan fingerprint density at radius 3 is 2.65 bits per heavy atom. The third-order valence-electron chi connectivity index (χ3n) is 6.17. The van der Waals surface area contributed by atoms with Gasteiger partial charge in [0.05, 0.1) is 28.8 Å². The van der Waals surface area contributed by atoms with Gasteiger partial charge >= 0.3 is 0 Å². The van der Waals surface area contributed by atoms with Gasteiger partial charge in [-0.15, -0.1) is 0 Å². The van der Waals surface area contributed by atoms with Crippen LogP contribution in [0, 0.1) is 6.92 Å².